The van der Waals surface area contributed by atoms with E-state index in [1.165, 1.54) is 0 Å². The van der Waals surface area contributed by atoms with Crippen LogP contribution in [0.4, 0.5) is 28.0 Å². The van der Waals surface area contributed by atoms with Crippen LogP contribution in [0.5, 0.6) is 0 Å². The molecule has 0 radical (unpaired) electrons. The number of nitrogens with one attached hydrogen (secondary N) is 1. The lowest BCUT2D eigenvalue weighted by molar-refractivity contribution is -0.137. The number of anilines is 1. The first-order valence-corrected chi connectivity index (χ1v) is 11.8. The number of amides is 2. The molecule has 2 aliphatic rings. The summed E-state index contributed by atoms with van der Waals surface area (Å²) in [6.07, 6.45) is 4.25. The molecule has 2 amide bonds. The number of carbonyl (C=O) groups is 1. The summed E-state index contributed by atoms with van der Waals surface area (Å²) < 4.78 is 53.2. The molecule has 188 valence electrons. The van der Waals surface area contributed by atoms with Gasteiger partial charge in [0.05, 0.1) is 17.2 Å². The van der Waals surface area contributed by atoms with Crippen molar-refractivity contribution in [1.82, 2.24) is 9.80 Å². The zero-order chi connectivity index (χ0) is 25.7. The Morgan fingerprint density at radius 2 is 1.97 bits per heavy atom. The molecule has 0 fully saturated rings. The molecule has 1 atom stereocenters. The smallest absolute Gasteiger partial charge is 0.376 e. The van der Waals surface area contributed by atoms with E-state index in [4.69, 9.17) is 5.26 Å². The van der Waals surface area contributed by atoms with Gasteiger partial charge in [0.25, 0.3) is 0 Å². The number of hydrogen-bond acceptors (Lipinski definition) is 3. The van der Waals surface area contributed by atoms with Crippen LogP contribution < -0.4 is 5.32 Å². The summed E-state index contributed by atoms with van der Waals surface area (Å²) in [4.78, 5) is 17.0. The highest BCUT2D eigenvalue weighted by molar-refractivity contribution is 5.89. The zero-order valence-corrected chi connectivity index (χ0v) is 19.6. The van der Waals surface area contributed by atoms with Crippen molar-refractivity contribution in [2.24, 2.45) is 0 Å². The molecule has 0 saturated heterocycles. The maximum absolute atomic E-state index is 13.9. The normalized spacial score (nSPS) is 17.5. The van der Waals surface area contributed by atoms with Gasteiger partial charge in [-0.05, 0) is 73.4 Å². The van der Waals surface area contributed by atoms with Crippen LogP contribution in [-0.4, -0.2) is 41.5 Å². The molecule has 1 unspecified atom stereocenters. The van der Waals surface area contributed by atoms with Gasteiger partial charge >= 0.3 is 12.2 Å². The maximum Gasteiger partial charge on any atom is 0.416 e. The van der Waals surface area contributed by atoms with Gasteiger partial charge < -0.3 is 15.1 Å². The van der Waals surface area contributed by atoms with Crippen molar-refractivity contribution in [2.75, 3.05) is 25.0 Å². The van der Waals surface area contributed by atoms with Crippen LogP contribution in [0.3, 0.4) is 0 Å². The first kappa shape index (κ1) is 25.3. The molecule has 9 heteroatoms. The van der Waals surface area contributed by atoms with Gasteiger partial charge in [-0.1, -0.05) is 24.3 Å². The van der Waals surface area contributed by atoms with E-state index in [0.29, 0.717) is 44.0 Å². The topological polar surface area (TPSA) is 59.4 Å². The van der Waals surface area contributed by atoms with Crippen molar-refractivity contribution < 1.29 is 22.4 Å². The third kappa shape index (κ3) is 6.25. The fraction of sp³-hybridized carbons (Fsp3) is 0.333. The second-order valence-corrected chi connectivity index (χ2v) is 8.91. The fourth-order valence-electron chi connectivity index (χ4n) is 4.56. The lowest BCUT2D eigenvalue weighted by Crippen LogP contribution is -2.46. The monoisotopic (exact) mass is 498 g/mol. The summed E-state index contributed by atoms with van der Waals surface area (Å²) in [5.41, 5.74) is 1.34. The number of carbonyl (C=O) groups excluding carboxylic acids is 1. The highest BCUT2D eigenvalue weighted by Gasteiger charge is 2.32. The van der Waals surface area contributed by atoms with Crippen molar-refractivity contribution in [3.63, 3.8) is 0 Å². The van der Waals surface area contributed by atoms with E-state index >= 15 is 0 Å². The van der Waals surface area contributed by atoms with Crippen molar-refractivity contribution in [2.45, 2.75) is 37.9 Å². The van der Waals surface area contributed by atoms with Crippen LogP contribution in [0.25, 0.3) is 5.57 Å². The molecule has 0 spiro atoms. The zero-order valence-electron chi connectivity index (χ0n) is 19.6. The fourth-order valence-corrected chi connectivity index (χ4v) is 4.56. The van der Waals surface area contributed by atoms with Crippen LogP contribution in [0, 0.1) is 17.1 Å². The number of hydrogen-bond donors (Lipinski definition) is 1. The van der Waals surface area contributed by atoms with E-state index in [2.05, 4.69) is 22.4 Å². The number of halogens is 4. The van der Waals surface area contributed by atoms with Crippen molar-refractivity contribution in [3.8, 4) is 6.07 Å². The minimum absolute atomic E-state index is 0.158. The van der Waals surface area contributed by atoms with Crippen molar-refractivity contribution >= 4 is 17.3 Å². The summed E-state index contributed by atoms with van der Waals surface area (Å²) >= 11 is 0. The summed E-state index contributed by atoms with van der Waals surface area (Å²) in [7, 11) is 0. The second-order valence-electron chi connectivity index (χ2n) is 8.91. The highest BCUT2D eigenvalue weighted by Crippen LogP contribution is 2.33. The molecule has 0 bridgehead atoms. The Labute approximate surface area is 207 Å². The van der Waals surface area contributed by atoms with E-state index in [1.807, 2.05) is 24.4 Å². The van der Waals surface area contributed by atoms with Crippen LogP contribution in [0.1, 0.15) is 42.4 Å². The number of benzene rings is 2. The van der Waals surface area contributed by atoms with E-state index in [-0.39, 0.29) is 11.7 Å². The summed E-state index contributed by atoms with van der Waals surface area (Å²) in [5, 5.41) is 11.5. The lowest BCUT2D eigenvalue weighted by Gasteiger charge is -2.35. The minimum Gasteiger partial charge on any atom is -0.376 e. The van der Waals surface area contributed by atoms with E-state index < -0.39 is 23.6 Å². The molecule has 1 aliphatic heterocycles. The molecule has 1 heterocycles. The van der Waals surface area contributed by atoms with Crippen molar-refractivity contribution in [3.05, 3.63) is 83.3 Å². The summed E-state index contributed by atoms with van der Waals surface area (Å²) in [5.74, 6) is -1.07. The molecule has 1 N–H and O–H groups in total. The maximum atomic E-state index is 13.9. The highest BCUT2D eigenvalue weighted by atomic mass is 19.4. The Bertz CT molecular complexity index is 1200. The number of rotatable bonds is 6. The molecular weight excluding hydrogens is 472 g/mol. The SMILES string of the molecule is N#Cc1ccc(C2=CCC(N(CCN3C=CCC3)C(=O)Nc3cc(F)cc(C(F)(F)F)c3)CC2)cc1. The molecule has 36 heavy (non-hydrogen) atoms. The summed E-state index contributed by atoms with van der Waals surface area (Å²) in [6.45, 7) is 1.81. The van der Waals surface area contributed by atoms with E-state index in [0.717, 1.165) is 36.2 Å². The van der Waals surface area contributed by atoms with Gasteiger partial charge in [-0.15, -0.1) is 0 Å². The molecule has 4 rings (SSSR count). The van der Waals surface area contributed by atoms with E-state index in [9.17, 15) is 22.4 Å². The summed E-state index contributed by atoms with van der Waals surface area (Å²) in [6, 6.07) is 10.7. The molecule has 2 aromatic carbocycles. The molecular formula is C27H26F4N4O. The number of allylic oxidation sites excluding steroid dienone is 1. The van der Waals surface area contributed by atoms with Gasteiger partial charge in [0.1, 0.15) is 5.82 Å². The molecule has 5 nitrogen and oxygen atoms in total. The van der Waals surface area contributed by atoms with Crippen LogP contribution in [0.2, 0.25) is 0 Å². The third-order valence-electron chi connectivity index (χ3n) is 6.47. The second kappa shape index (κ2) is 10.9. The third-order valence-corrected chi connectivity index (χ3v) is 6.47. The molecule has 2 aromatic rings. The van der Waals surface area contributed by atoms with Crippen LogP contribution in [0.15, 0.2) is 60.8 Å². The Balaban J connectivity index is 1.50. The lowest BCUT2D eigenvalue weighted by atomic mass is 9.89. The average molecular weight is 499 g/mol. The quantitative estimate of drug-likeness (QED) is 0.469. The molecule has 0 aromatic heterocycles. The van der Waals surface area contributed by atoms with Gasteiger partial charge in [0.2, 0.25) is 0 Å². The van der Waals surface area contributed by atoms with Gasteiger partial charge in [-0.2, -0.15) is 18.4 Å². The Kier molecular flexibility index (Phi) is 7.63. The van der Waals surface area contributed by atoms with Gasteiger partial charge in [0.15, 0.2) is 0 Å². The first-order chi connectivity index (χ1) is 17.2. The Hall–Kier alpha value is -3.80. The van der Waals surface area contributed by atoms with Gasteiger partial charge in [-0.3, -0.25) is 0 Å². The number of urea groups is 1. The van der Waals surface area contributed by atoms with Crippen molar-refractivity contribution in [1.29, 1.82) is 5.26 Å². The average Bonchev–Trinajstić information content (AvgIpc) is 3.37. The standard InChI is InChI=1S/C27H26F4N4O/c28-23-15-22(27(29,30)31)16-24(17-23)33-26(36)35(14-13-34-11-1-2-12-34)25-9-7-21(8-10-25)20-5-3-19(18-32)4-6-20/h1,3-7,11,15-17,25H,2,8-10,12-14H2,(H,33,36). The predicted octanol–water partition coefficient (Wildman–Crippen LogP) is 6.41. The number of nitriles is 1. The first-order valence-electron chi connectivity index (χ1n) is 11.8. The van der Waals surface area contributed by atoms with Gasteiger partial charge in [0, 0.05) is 31.4 Å². The Morgan fingerprint density at radius 1 is 1.19 bits per heavy atom. The van der Waals surface area contributed by atoms with Crippen LogP contribution >= 0.6 is 0 Å². The van der Waals surface area contributed by atoms with E-state index in [1.54, 1.807) is 17.0 Å². The Morgan fingerprint density at radius 3 is 2.58 bits per heavy atom. The largest absolute Gasteiger partial charge is 0.416 e. The number of alkyl halides is 3. The molecule has 1 aliphatic carbocycles. The number of nitrogens with zero attached hydrogens (tertiary/aromatic N) is 3. The minimum atomic E-state index is -4.72. The van der Waals surface area contributed by atoms with Crippen LogP contribution in [-0.2, 0) is 6.18 Å². The van der Waals surface area contributed by atoms with Gasteiger partial charge in [-0.25, -0.2) is 9.18 Å². The molecule has 0 saturated carbocycles. The predicted molar refractivity (Wildman–Crippen MR) is 129 cm³/mol.